The monoisotopic (exact) mass is 308 g/mol. The first-order chi connectivity index (χ1) is 8.69. The van der Waals surface area contributed by atoms with Gasteiger partial charge in [-0.25, -0.2) is 13.6 Å². The van der Waals surface area contributed by atoms with E-state index < -0.39 is 14.9 Å². The van der Waals surface area contributed by atoms with Gasteiger partial charge in [0.05, 0.1) is 28.4 Å². The van der Waals surface area contributed by atoms with Gasteiger partial charge < -0.3 is 4.74 Å². The number of nitro benzene ring substituents is 1. The van der Waals surface area contributed by atoms with Gasteiger partial charge in [0.15, 0.2) is 0 Å². The molecule has 0 fully saturated rings. The number of benzene rings is 1. The van der Waals surface area contributed by atoms with E-state index in [2.05, 4.69) is 0 Å². The summed E-state index contributed by atoms with van der Waals surface area (Å²) < 4.78 is 27.0. The highest BCUT2D eigenvalue weighted by Gasteiger charge is 2.14. The zero-order valence-electron chi connectivity index (χ0n) is 10.1. The van der Waals surface area contributed by atoms with Crippen LogP contribution in [-0.4, -0.2) is 25.7 Å². The van der Waals surface area contributed by atoms with Crippen molar-refractivity contribution in [3.63, 3.8) is 0 Å². The van der Waals surface area contributed by atoms with Gasteiger partial charge in [-0.05, 0) is 6.07 Å². The maximum absolute atomic E-state index is 10.9. The molecule has 7 nitrogen and oxygen atoms in total. The van der Waals surface area contributed by atoms with Crippen LogP contribution in [0.4, 0.5) is 5.69 Å². The number of nitrogens with zero attached hydrogens (tertiary/aromatic N) is 1. The Balaban J connectivity index is 2.72. The smallest absolute Gasteiger partial charge is 0.273 e. The van der Waals surface area contributed by atoms with E-state index in [1.54, 1.807) is 6.92 Å². The fourth-order valence-electron chi connectivity index (χ4n) is 1.39. The molecule has 1 unspecified atom stereocenters. The van der Waals surface area contributed by atoms with Crippen molar-refractivity contribution >= 4 is 27.3 Å². The number of halogens is 1. The standard InChI is InChI=1S/C10H13ClN2O5S/c1-7(6-19(12,16)17)5-18-10-4-8(13(14)15)2-3-9(10)11/h2-4,7H,5-6H2,1H3,(H2,12,16,17). The predicted octanol–water partition coefficient (Wildman–Crippen LogP) is 1.55. The molecule has 2 N–H and O–H groups in total. The van der Waals surface area contributed by atoms with Gasteiger partial charge >= 0.3 is 0 Å². The Hall–Kier alpha value is -1.38. The number of sulfonamides is 1. The number of hydrogen-bond acceptors (Lipinski definition) is 5. The molecule has 19 heavy (non-hydrogen) atoms. The predicted molar refractivity (Wildman–Crippen MR) is 70.7 cm³/mol. The van der Waals surface area contributed by atoms with Gasteiger partial charge in [0.25, 0.3) is 5.69 Å². The third-order valence-electron chi connectivity index (χ3n) is 2.17. The fourth-order valence-corrected chi connectivity index (χ4v) is 2.45. The molecule has 1 aromatic carbocycles. The molecule has 9 heteroatoms. The van der Waals surface area contributed by atoms with Crippen LogP contribution in [0.3, 0.4) is 0 Å². The molecular weight excluding hydrogens is 296 g/mol. The molecule has 0 aliphatic rings. The van der Waals surface area contributed by atoms with Crippen LogP contribution in [0, 0.1) is 16.0 Å². The lowest BCUT2D eigenvalue weighted by Gasteiger charge is -2.12. The summed E-state index contributed by atoms with van der Waals surface area (Å²) in [5, 5.41) is 15.7. The number of ether oxygens (including phenoxy) is 1. The van der Waals surface area contributed by atoms with Gasteiger partial charge in [-0.3, -0.25) is 10.1 Å². The molecule has 0 spiro atoms. The van der Waals surface area contributed by atoms with Gasteiger partial charge in [-0.1, -0.05) is 18.5 Å². The molecule has 0 heterocycles. The molecule has 0 aliphatic heterocycles. The molecule has 1 aromatic rings. The van der Waals surface area contributed by atoms with Crippen molar-refractivity contribution in [2.45, 2.75) is 6.92 Å². The second-order valence-corrected chi connectivity index (χ2v) is 6.18. The van der Waals surface area contributed by atoms with Crippen molar-refractivity contribution < 1.29 is 18.1 Å². The van der Waals surface area contributed by atoms with E-state index in [4.69, 9.17) is 21.5 Å². The summed E-state index contributed by atoms with van der Waals surface area (Å²) in [6, 6.07) is 3.79. The Morgan fingerprint density at radius 3 is 2.68 bits per heavy atom. The van der Waals surface area contributed by atoms with Gasteiger partial charge in [0.1, 0.15) is 5.75 Å². The van der Waals surface area contributed by atoms with Crippen molar-refractivity contribution in [1.82, 2.24) is 0 Å². The molecule has 0 aromatic heterocycles. The highest BCUT2D eigenvalue weighted by atomic mass is 35.5. The molecule has 0 aliphatic carbocycles. The first kappa shape index (κ1) is 15.7. The molecule has 1 rings (SSSR count). The quantitative estimate of drug-likeness (QED) is 0.633. The molecule has 0 radical (unpaired) electrons. The average Bonchev–Trinajstić information content (AvgIpc) is 2.25. The number of non-ortho nitro benzene ring substituents is 1. The normalized spacial score (nSPS) is 13.0. The third kappa shape index (κ3) is 5.41. The van der Waals surface area contributed by atoms with Gasteiger partial charge in [0, 0.05) is 12.0 Å². The fraction of sp³-hybridized carbons (Fsp3) is 0.400. The summed E-state index contributed by atoms with van der Waals surface area (Å²) in [6.07, 6.45) is 0. The zero-order chi connectivity index (χ0) is 14.6. The van der Waals surface area contributed by atoms with Gasteiger partial charge in [-0.2, -0.15) is 0 Å². The molecule has 0 amide bonds. The van der Waals surface area contributed by atoms with Crippen molar-refractivity contribution in [2.24, 2.45) is 11.1 Å². The van der Waals surface area contributed by atoms with Crippen molar-refractivity contribution in [3.05, 3.63) is 33.3 Å². The first-order valence-corrected chi connectivity index (χ1v) is 7.35. The Morgan fingerprint density at radius 2 is 2.16 bits per heavy atom. The summed E-state index contributed by atoms with van der Waals surface area (Å²) in [6.45, 7) is 1.67. The van der Waals surface area contributed by atoms with E-state index >= 15 is 0 Å². The van der Waals surface area contributed by atoms with Crippen LogP contribution in [-0.2, 0) is 10.0 Å². The first-order valence-electron chi connectivity index (χ1n) is 5.26. The third-order valence-corrected chi connectivity index (χ3v) is 3.51. The summed E-state index contributed by atoms with van der Waals surface area (Å²) in [5.74, 6) is -0.457. The largest absolute Gasteiger partial charge is 0.491 e. The minimum absolute atomic E-state index is 0.0390. The second-order valence-electron chi connectivity index (χ2n) is 4.12. The maximum atomic E-state index is 10.9. The van der Waals surface area contributed by atoms with Crippen LogP contribution in [0.25, 0.3) is 0 Å². The summed E-state index contributed by atoms with van der Waals surface area (Å²) in [4.78, 5) is 10.0. The number of rotatable bonds is 6. The Morgan fingerprint density at radius 1 is 1.53 bits per heavy atom. The van der Waals surface area contributed by atoms with E-state index in [-0.39, 0.29) is 34.7 Å². The second kappa shape index (κ2) is 6.18. The zero-order valence-corrected chi connectivity index (χ0v) is 11.6. The van der Waals surface area contributed by atoms with Crippen molar-refractivity contribution in [2.75, 3.05) is 12.4 Å². The SMILES string of the molecule is CC(COc1cc([N+](=O)[O-])ccc1Cl)CS(N)(=O)=O. The molecule has 1 atom stereocenters. The lowest BCUT2D eigenvalue weighted by molar-refractivity contribution is -0.384. The summed E-state index contributed by atoms with van der Waals surface area (Å²) in [5.41, 5.74) is -0.154. The van der Waals surface area contributed by atoms with E-state index in [9.17, 15) is 18.5 Å². The molecular formula is C10H13ClN2O5S. The molecule has 0 saturated carbocycles. The summed E-state index contributed by atoms with van der Waals surface area (Å²) >= 11 is 5.83. The van der Waals surface area contributed by atoms with Crippen LogP contribution in [0.15, 0.2) is 18.2 Å². The number of hydrogen-bond donors (Lipinski definition) is 1. The minimum atomic E-state index is -3.58. The number of primary sulfonamides is 1. The van der Waals surface area contributed by atoms with Crippen LogP contribution >= 0.6 is 11.6 Å². The number of nitrogens with two attached hydrogens (primary N) is 1. The lowest BCUT2D eigenvalue weighted by Crippen LogP contribution is -2.25. The van der Waals surface area contributed by atoms with Gasteiger partial charge in [-0.15, -0.1) is 0 Å². The minimum Gasteiger partial charge on any atom is -0.491 e. The summed E-state index contributed by atoms with van der Waals surface area (Å²) in [7, 11) is -3.58. The highest BCUT2D eigenvalue weighted by Crippen LogP contribution is 2.29. The van der Waals surface area contributed by atoms with E-state index in [1.807, 2.05) is 0 Å². The van der Waals surface area contributed by atoms with E-state index in [1.165, 1.54) is 18.2 Å². The van der Waals surface area contributed by atoms with Gasteiger partial charge in [0.2, 0.25) is 10.0 Å². The van der Waals surface area contributed by atoms with Crippen molar-refractivity contribution in [3.8, 4) is 5.75 Å². The molecule has 0 bridgehead atoms. The Bertz CT molecular complexity index is 575. The highest BCUT2D eigenvalue weighted by molar-refractivity contribution is 7.89. The number of nitro groups is 1. The molecule has 106 valence electrons. The molecule has 0 saturated heterocycles. The Kier molecular flexibility index (Phi) is 5.10. The average molecular weight is 309 g/mol. The van der Waals surface area contributed by atoms with Crippen LogP contribution in [0.2, 0.25) is 5.02 Å². The van der Waals surface area contributed by atoms with Crippen LogP contribution < -0.4 is 9.88 Å². The van der Waals surface area contributed by atoms with Crippen LogP contribution in [0.5, 0.6) is 5.75 Å². The van der Waals surface area contributed by atoms with Crippen molar-refractivity contribution in [1.29, 1.82) is 0 Å². The van der Waals surface area contributed by atoms with E-state index in [0.29, 0.717) is 0 Å². The lowest BCUT2D eigenvalue weighted by atomic mass is 10.2. The maximum Gasteiger partial charge on any atom is 0.273 e. The topological polar surface area (TPSA) is 113 Å². The van der Waals surface area contributed by atoms with E-state index in [0.717, 1.165) is 0 Å². The van der Waals surface area contributed by atoms with Crippen LogP contribution in [0.1, 0.15) is 6.92 Å². The Labute approximate surface area is 115 Å².